The lowest BCUT2D eigenvalue weighted by Crippen LogP contribution is -2.32. The van der Waals surface area contributed by atoms with E-state index in [4.69, 9.17) is 15.2 Å². The van der Waals surface area contributed by atoms with Gasteiger partial charge in [-0.15, -0.1) is 0 Å². The molecule has 3 rings (SSSR count). The molecule has 0 radical (unpaired) electrons. The van der Waals surface area contributed by atoms with Crippen LogP contribution in [0.5, 0.6) is 0 Å². The molecule has 1 aromatic heterocycles. The maximum Gasteiger partial charge on any atom is 0.238 e. The topological polar surface area (TPSA) is 63.4 Å². The van der Waals surface area contributed by atoms with Gasteiger partial charge in [-0.2, -0.15) is 0 Å². The van der Waals surface area contributed by atoms with E-state index in [0.717, 1.165) is 30.8 Å². The standard InChI is InChI=1S/C10H13ClN2O3S/c11-17(14,15)6-9-8-5-13(7-1-2-7)4-3-10(8)16-12-9/h7H,1-6H2. The summed E-state index contributed by atoms with van der Waals surface area (Å²) in [7, 11) is 1.68. The highest BCUT2D eigenvalue weighted by molar-refractivity contribution is 8.13. The van der Waals surface area contributed by atoms with Crippen LogP contribution in [0.1, 0.15) is 29.9 Å². The van der Waals surface area contributed by atoms with Crippen molar-refractivity contribution in [2.24, 2.45) is 0 Å². The Morgan fingerprint density at radius 3 is 2.88 bits per heavy atom. The Labute approximate surface area is 104 Å². The molecule has 0 amide bonds. The molecule has 0 spiro atoms. The first-order valence-corrected chi connectivity index (χ1v) is 8.13. The average Bonchev–Trinajstić information content (AvgIpc) is 3.01. The van der Waals surface area contributed by atoms with Crippen molar-refractivity contribution in [3.05, 3.63) is 17.0 Å². The molecular formula is C10H13ClN2O3S. The third kappa shape index (κ3) is 2.48. The van der Waals surface area contributed by atoms with Crippen LogP contribution in [-0.2, 0) is 27.8 Å². The largest absolute Gasteiger partial charge is 0.361 e. The number of hydrogen-bond acceptors (Lipinski definition) is 5. The Morgan fingerprint density at radius 2 is 2.24 bits per heavy atom. The maximum atomic E-state index is 11.1. The van der Waals surface area contributed by atoms with Gasteiger partial charge < -0.3 is 4.52 Å². The molecule has 2 aliphatic rings. The van der Waals surface area contributed by atoms with Crippen LogP contribution in [0.2, 0.25) is 0 Å². The number of nitrogens with zero attached hydrogens (tertiary/aromatic N) is 2. The van der Waals surface area contributed by atoms with Gasteiger partial charge in [0.1, 0.15) is 17.2 Å². The normalized spacial score (nSPS) is 21.5. The van der Waals surface area contributed by atoms with Crippen molar-refractivity contribution < 1.29 is 12.9 Å². The van der Waals surface area contributed by atoms with E-state index in [1.165, 1.54) is 12.8 Å². The van der Waals surface area contributed by atoms with Crippen molar-refractivity contribution in [1.82, 2.24) is 10.1 Å². The highest BCUT2D eigenvalue weighted by atomic mass is 35.7. The molecule has 0 aromatic carbocycles. The molecule has 17 heavy (non-hydrogen) atoms. The van der Waals surface area contributed by atoms with Crippen LogP contribution < -0.4 is 0 Å². The molecule has 2 heterocycles. The third-order valence-corrected chi connectivity index (χ3v) is 4.26. The molecule has 1 aliphatic carbocycles. The number of halogens is 1. The lowest BCUT2D eigenvalue weighted by molar-refractivity contribution is 0.227. The van der Waals surface area contributed by atoms with Crippen LogP contribution in [0.4, 0.5) is 0 Å². The van der Waals surface area contributed by atoms with Gasteiger partial charge in [0.25, 0.3) is 0 Å². The predicted octanol–water partition coefficient (Wildman–Crippen LogP) is 1.26. The zero-order valence-electron chi connectivity index (χ0n) is 9.23. The fourth-order valence-electron chi connectivity index (χ4n) is 2.31. The van der Waals surface area contributed by atoms with Gasteiger partial charge in [-0.05, 0) is 12.8 Å². The summed E-state index contributed by atoms with van der Waals surface area (Å²) < 4.78 is 27.3. The van der Waals surface area contributed by atoms with E-state index in [1.54, 1.807) is 0 Å². The number of aromatic nitrogens is 1. The minimum absolute atomic E-state index is 0.244. The van der Waals surface area contributed by atoms with Gasteiger partial charge >= 0.3 is 0 Å². The van der Waals surface area contributed by atoms with E-state index in [1.807, 2.05) is 0 Å². The van der Waals surface area contributed by atoms with Crippen LogP contribution in [0, 0.1) is 0 Å². The Balaban J connectivity index is 1.85. The molecule has 0 unspecified atom stereocenters. The first-order chi connectivity index (χ1) is 8.03. The lowest BCUT2D eigenvalue weighted by atomic mass is 10.1. The summed E-state index contributed by atoms with van der Waals surface area (Å²) in [5, 5.41) is 3.83. The van der Waals surface area contributed by atoms with Crippen LogP contribution in [0.25, 0.3) is 0 Å². The fourth-order valence-corrected chi connectivity index (χ4v) is 3.18. The smallest absolute Gasteiger partial charge is 0.238 e. The zero-order valence-corrected chi connectivity index (χ0v) is 10.8. The molecule has 0 saturated heterocycles. The second-order valence-electron chi connectivity index (χ2n) is 4.67. The Kier molecular flexibility index (Phi) is 2.68. The molecule has 0 bridgehead atoms. The number of rotatable bonds is 3. The first kappa shape index (κ1) is 11.5. The summed E-state index contributed by atoms with van der Waals surface area (Å²) in [5.74, 6) is 0.573. The number of hydrogen-bond donors (Lipinski definition) is 0. The summed E-state index contributed by atoms with van der Waals surface area (Å²) in [4.78, 5) is 2.36. The van der Waals surface area contributed by atoms with Crippen molar-refractivity contribution in [2.75, 3.05) is 6.54 Å². The monoisotopic (exact) mass is 276 g/mol. The summed E-state index contributed by atoms with van der Waals surface area (Å²) in [5.41, 5.74) is 1.40. The highest BCUT2D eigenvalue weighted by Gasteiger charge is 2.34. The summed E-state index contributed by atoms with van der Waals surface area (Å²) in [6.07, 6.45) is 3.29. The van der Waals surface area contributed by atoms with Gasteiger partial charge in [0.05, 0.1) is 0 Å². The third-order valence-electron chi connectivity index (χ3n) is 3.31. The van der Waals surface area contributed by atoms with E-state index in [0.29, 0.717) is 11.7 Å². The van der Waals surface area contributed by atoms with Crippen LogP contribution >= 0.6 is 10.7 Å². The lowest BCUT2D eigenvalue weighted by Gasteiger charge is -2.25. The van der Waals surface area contributed by atoms with Gasteiger partial charge in [-0.1, -0.05) is 5.16 Å². The maximum absolute atomic E-state index is 11.1. The van der Waals surface area contributed by atoms with Crippen molar-refractivity contribution in [2.45, 2.75) is 37.6 Å². The summed E-state index contributed by atoms with van der Waals surface area (Å²) in [6.45, 7) is 1.71. The Hall–Kier alpha value is -0.590. The average molecular weight is 277 g/mol. The molecule has 1 aromatic rings. The van der Waals surface area contributed by atoms with E-state index in [9.17, 15) is 8.42 Å². The van der Waals surface area contributed by atoms with Gasteiger partial charge in [-0.3, -0.25) is 4.90 Å². The molecule has 1 aliphatic heterocycles. The van der Waals surface area contributed by atoms with Gasteiger partial charge in [0.2, 0.25) is 9.05 Å². The van der Waals surface area contributed by atoms with E-state index in [-0.39, 0.29) is 5.75 Å². The second kappa shape index (κ2) is 3.96. The van der Waals surface area contributed by atoms with Crippen LogP contribution in [0.15, 0.2) is 4.52 Å². The van der Waals surface area contributed by atoms with Crippen molar-refractivity contribution >= 4 is 19.7 Å². The highest BCUT2D eigenvalue weighted by Crippen LogP contribution is 2.33. The SMILES string of the molecule is O=S(=O)(Cl)Cc1noc2c1CN(C1CC1)CC2. The molecular weight excluding hydrogens is 264 g/mol. The Morgan fingerprint density at radius 1 is 1.47 bits per heavy atom. The van der Waals surface area contributed by atoms with Crippen molar-refractivity contribution in [3.8, 4) is 0 Å². The molecule has 7 heteroatoms. The van der Waals surface area contributed by atoms with Crippen LogP contribution in [0.3, 0.4) is 0 Å². The van der Waals surface area contributed by atoms with E-state index < -0.39 is 9.05 Å². The molecule has 0 N–H and O–H groups in total. The summed E-state index contributed by atoms with van der Waals surface area (Å²) >= 11 is 0. The van der Waals surface area contributed by atoms with E-state index >= 15 is 0 Å². The van der Waals surface area contributed by atoms with E-state index in [2.05, 4.69) is 10.1 Å². The summed E-state index contributed by atoms with van der Waals surface area (Å²) in [6, 6.07) is 0.665. The van der Waals surface area contributed by atoms with Gasteiger partial charge in [0, 0.05) is 41.8 Å². The minimum Gasteiger partial charge on any atom is -0.361 e. The zero-order chi connectivity index (χ0) is 12.0. The van der Waals surface area contributed by atoms with Crippen molar-refractivity contribution in [1.29, 1.82) is 0 Å². The first-order valence-electron chi connectivity index (χ1n) is 5.65. The quantitative estimate of drug-likeness (QED) is 0.778. The predicted molar refractivity (Wildman–Crippen MR) is 62.1 cm³/mol. The number of fused-ring (bicyclic) bond motifs is 1. The molecule has 1 saturated carbocycles. The molecule has 94 valence electrons. The molecule has 1 fully saturated rings. The fraction of sp³-hybridized carbons (Fsp3) is 0.700. The van der Waals surface area contributed by atoms with Crippen molar-refractivity contribution in [3.63, 3.8) is 0 Å². The van der Waals surface area contributed by atoms with Gasteiger partial charge in [-0.25, -0.2) is 8.42 Å². The van der Waals surface area contributed by atoms with Gasteiger partial charge in [0.15, 0.2) is 0 Å². The molecule has 5 nitrogen and oxygen atoms in total. The second-order valence-corrected chi connectivity index (χ2v) is 7.44. The minimum atomic E-state index is -3.57. The van der Waals surface area contributed by atoms with Crippen LogP contribution in [-0.4, -0.2) is 31.1 Å². The molecule has 0 atom stereocenters. The Bertz CT molecular complexity index is 536.